The molecule has 1 aliphatic heterocycles. The molecule has 2 rings (SSSR count). The number of fused-ring (bicyclic) bond motifs is 1. The van der Waals surface area contributed by atoms with Crippen molar-refractivity contribution >= 4 is 5.69 Å². The van der Waals surface area contributed by atoms with Crippen LogP contribution in [-0.2, 0) is 0 Å². The van der Waals surface area contributed by atoms with Gasteiger partial charge in [0.05, 0.1) is 0 Å². The summed E-state index contributed by atoms with van der Waals surface area (Å²) >= 11 is 0. The van der Waals surface area contributed by atoms with Crippen molar-refractivity contribution in [3.05, 3.63) is 18.2 Å². The van der Waals surface area contributed by atoms with Gasteiger partial charge in [0.1, 0.15) is 0 Å². The quantitative estimate of drug-likeness (QED) is 0.817. The SMILES string of the molecule is CC(C)(N)CCNc1ccc2c(c1)OCO2. The predicted molar refractivity (Wildman–Crippen MR) is 63.9 cm³/mol. The van der Waals surface area contributed by atoms with Crippen LogP contribution in [0.1, 0.15) is 20.3 Å². The summed E-state index contributed by atoms with van der Waals surface area (Å²) in [6.07, 6.45) is 0.918. The summed E-state index contributed by atoms with van der Waals surface area (Å²) in [7, 11) is 0. The summed E-state index contributed by atoms with van der Waals surface area (Å²) in [5, 5.41) is 3.32. The Kier molecular flexibility index (Phi) is 2.92. The van der Waals surface area contributed by atoms with Gasteiger partial charge in [0.25, 0.3) is 0 Å². The average Bonchev–Trinajstić information content (AvgIpc) is 2.62. The molecule has 1 aromatic carbocycles. The molecule has 0 bridgehead atoms. The Bertz CT molecular complexity index is 372. The van der Waals surface area contributed by atoms with Crippen LogP contribution < -0.4 is 20.5 Å². The fraction of sp³-hybridized carbons (Fsp3) is 0.500. The normalized spacial score (nSPS) is 13.9. The van der Waals surface area contributed by atoms with Crippen molar-refractivity contribution in [1.82, 2.24) is 0 Å². The molecule has 3 N–H and O–H groups in total. The van der Waals surface area contributed by atoms with Crippen LogP contribution in [0.4, 0.5) is 5.69 Å². The van der Waals surface area contributed by atoms with Crippen LogP contribution in [0.2, 0.25) is 0 Å². The second-order valence-electron chi connectivity index (χ2n) is 4.73. The van der Waals surface area contributed by atoms with Gasteiger partial charge in [0.15, 0.2) is 11.5 Å². The lowest BCUT2D eigenvalue weighted by Gasteiger charge is -2.18. The molecule has 0 aromatic heterocycles. The summed E-state index contributed by atoms with van der Waals surface area (Å²) in [6, 6.07) is 5.85. The molecule has 1 aromatic rings. The number of nitrogens with two attached hydrogens (primary N) is 1. The molecule has 0 aliphatic carbocycles. The van der Waals surface area contributed by atoms with Crippen molar-refractivity contribution < 1.29 is 9.47 Å². The molecule has 0 saturated carbocycles. The van der Waals surface area contributed by atoms with Gasteiger partial charge in [-0.1, -0.05) is 0 Å². The molecule has 0 saturated heterocycles. The van der Waals surface area contributed by atoms with Gasteiger partial charge in [-0.25, -0.2) is 0 Å². The second kappa shape index (κ2) is 4.22. The highest BCUT2D eigenvalue weighted by atomic mass is 16.7. The summed E-state index contributed by atoms with van der Waals surface area (Å²) in [6.45, 7) is 5.21. The minimum atomic E-state index is -0.136. The molecule has 4 heteroatoms. The largest absolute Gasteiger partial charge is 0.454 e. The number of hydrogen-bond donors (Lipinski definition) is 2. The first-order valence-corrected chi connectivity index (χ1v) is 5.47. The number of anilines is 1. The summed E-state index contributed by atoms with van der Waals surface area (Å²) in [5.41, 5.74) is 6.81. The van der Waals surface area contributed by atoms with E-state index in [-0.39, 0.29) is 5.54 Å². The number of benzene rings is 1. The van der Waals surface area contributed by atoms with Crippen molar-refractivity contribution in [3.8, 4) is 11.5 Å². The maximum atomic E-state index is 5.91. The average molecular weight is 222 g/mol. The van der Waals surface area contributed by atoms with E-state index in [1.165, 1.54) is 0 Å². The topological polar surface area (TPSA) is 56.5 Å². The minimum Gasteiger partial charge on any atom is -0.454 e. The lowest BCUT2D eigenvalue weighted by molar-refractivity contribution is 0.174. The lowest BCUT2D eigenvalue weighted by atomic mass is 10.0. The molecular formula is C12H18N2O2. The molecule has 0 atom stereocenters. The molecule has 1 aliphatic rings. The van der Waals surface area contributed by atoms with Gasteiger partial charge in [-0.2, -0.15) is 0 Å². The standard InChI is InChI=1S/C12H18N2O2/c1-12(2,13)5-6-14-9-3-4-10-11(7-9)16-8-15-10/h3-4,7,14H,5-6,8,13H2,1-2H3. The molecular weight excluding hydrogens is 204 g/mol. The number of rotatable bonds is 4. The first-order chi connectivity index (χ1) is 7.54. The van der Waals surface area contributed by atoms with Gasteiger partial charge in [-0.15, -0.1) is 0 Å². The third kappa shape index (κ3) is 2.79. The summed E-state index contributed by atoms with van der Waals surface area (Å²) in [4.78, 5) is 0. The van der Waals surface area contributed by atoms with Gasteiger partial charge in [0, 0.05) is 23.8 Å². The highest BCUT2D eigenvalue weighted by Crippen LogP contribution is 2.34. The van der Waals surface area contributed by atoms with Crippen molar-refractivity contribution in [2.24, 2.45) is 5.73 Å². The molecule has 0 radical (unpaired) electrons. The van der Waals surface area contributed by atoms with E-state index in [0.717, 1.165) is 30.2 Å². The monoisotopic (exact) mass is 222 g/mol. The lowest BCUT2D eigenvalue weighted by Crippen LogP contribution is -2.34. The first-order valence-electron chi connectivity index (χ1n) is 5.47. The Balaban J connectivity index is 1.91. The van der Waals surface area contributed by atoms with Crippen LogP contribution >= 0.6 is 0 Å². The van der Waals surface area contributed by atoms with E-state index in [0.29, 0.717) is 6.79 Å². The second-order valence-corrected chi connectivity index (χ2v) is 4.73. The fourth-order valence-electron chi connectivity index (χ4n) is 1.54. The third-order valence-electron chi connectivity index (χ3n) is 2.47. The van der Waals surface area contributed by atoms with E-state index in [1.54, 1.807) is 0 Å². The van der Waals surface area contributed by atoms with E-state index in [1.807, 2.05) is 32.0 Å². The Morgan fingerprint density at radius 2 is 2.06 bits per heavy atom. The van der Waals surface area contributed by atoms with Gasteiger partial charge in [-0.3, -0.25) is 0 Å². The molecule has 88 valence electrons. The minimum absolute atomic E-state index is 0.136. The van der Waals surface area contributed by atoms with Crippen molar-refractivity contribution in [1.29, 1.82) is 0 Å². The zero-order chi connectivity index (χ0) is 11.6. The van der Waals surface area contributed by atoms with Crippen LogP contribution in [0.25, 0.3) is 0 Å². The highest BCUT2D eigenvalue weighted by Gasteiger charge is 2.13. The van der Waals surface area contributed by atoms with Gasteiger partial charge in [-0.05, 0) is 32.4 Å². The van der Waals surface area contributed by atoms with E-state index < -0.39 is 0 Å². The zero-order valence-corrected chi connectivity index (χ0v) is 9.75. The third-order valence-corrected chi connectivity index (χ3v) is 2.47. The van der Waals surface area contributed by atoms with Crippen LogP contribution in [0.3, 0.4) is 0 Å². The van der Waals surface area contributed by atoms with Crippen LogP contribution in [0, 0.1) is 0 Å². The fourth-order valence-corrected chi connectivity index (χ4v) is 1.54. The smallest absolute Gasteiger partial charge is 0.231 e. The van der Waals surface area contributed by atoms with E-state index in [4.69, 9.17) is 15.2 Å². The van der Waals surface area contributed by atoms with Crippen molar-refractivity contribution in [2.45, 2.75) is 25.8 Å². The zero-order valence-electron chi connectivity index (χ0n) is 9.75. The molecule has 16 heavy (non-hydrogen) atoms. The number of nitrogens with one attached hydrogen (secondary N) is 1. The molecule has 0 unspecified atom stereocenters. The van der Waals surface area contributed by atoms with Crippen LogP contribution in [-0.4, -0.2) is 18.9 Å². The molecule has 0 amide bonds. The maximum absolute atomic E-state index is 5.91. The van der Waals surface area contributed by atoms with Crippen LogP contribution in [0.15, 0.2) is 18.2 Å². The summed E-state index contributed by atoms with van der Waals surface area (Å²) < 4.78 is 10.5. The number of ether oxygens (including phenoxy) is 2. The summed E-state index contributed by atoms with van der Waals surface area (Å²) in [5.74, 6) is 1.61. The Hall–Kier alpha value is -1.42. The van der Waals surface area contributed by atoms with Gasteiger partial charge >= 0.3 is 0 Å². The molecule has 0 spiro atoms. The first kappa shape index (κ1) is 11.1. The molecule has 4 nitrogen and oxygen atoms in total. The van der Waals surface area contributed by atoms with E-state index >= 15 is 0 Å². The van der Waals surface area contributed by atoms with E-state index in [9.17, 15) is 0 Å². The van der Waals surface area contributed by atoms with Gasteiger partial charge in [0.2, 0.25) is 6.79 Å². The number of hydrogen-bond acceptors (Lipinski definition) is 4. The van der Waals surface area contributed by atoms with E-state index in [2.05, 4.69) is 5.32 Å². The Labute approximate surface area is 95.7 Å². The van der Waals surface area contributed by atoms with Crippen LogP contribution in [0.5, 0.6) is 11.5 Å². The highest BCUT2D eigenvalue weighted by molar-refractivity contribution is 5.55. The molecule has 1 heterocycles. The van der Waals surface area contributed by atoms with Gasteiger partial charge < -0.3 is 20.5 Å². The van der Waals surface area contributed by atoms with Crippen molar-refractivity contribution in [2.75, 3.05) is 18.7 Å². The van der Waals surface area contributed by atoms with Crippen molar-refractivity contribution in [3.63, 3.8) is 0 Å². The molecule has 0 fully saturated rings. The Morgan fingerprint density at radius 3 is 2.81 bits per heavy atom. The Morgan fingerprint density at radius 1 is 1.31 bits per heavy atom. The maximum Gasteiger partial charge on any atom is 0.231 e. The predicted octanol–water partition coefficient (Wildman–Crippen LogP) is 1.95.